The van der Waals surface area contributed by atoms with Crippen LogP contribution in [0.4, 0.5) is 5.69 Å². The molecule has 0 unspecified atom stereocenters. The molecular formula is C20H21N3O5. The maximum absolute atomic E-state index is 12.4. The monoisotopic (exact) mass is 383 g/mol. The van der Waals surface area contributed by atoms with Crippen LogP contribution >= 0.6 is 0 Å². The van der Waals surface area contributed by atoms with E-state index in [9.17, 15) is 14.4 Å². The second-order valence-electron chi connectivity index (χ2n) is 6.22. The van der Waals surface area contributed by atoms with Crippen LogP contribution in [0.25, 0.3) is 0 Å². The predicted molar refractivity (Wildman–Crippen MR) is 102 cm³/mol. The predicted octanol–water partition coefficient (Wildman–Crippen LogP) is 1.28. The van der Waals surface area contributed by atoms with Gasteiger partial charge in [0.1, 0.15) is 5.75 Å². The molecule has 1 aliphatic heterocycles. The Bertz CT molecular complexity index is 843. The molecule has 3 rings (SSSR count). The van der Waals surface area contributed by atoms with Crippen molar-refractivity contribution < 1.29 is 23.9 Å². The number of carbonyl (C=O) groups is 3. The zero-order valence-corrected chi connectivity index (χ0v) is 15.2. The van der Waals surface area contributed by atoms with Crippen molar-refractivity contribution in [2.45, 2.75) is 0 Å². The maximum Gasteiger partial charge on any atom is 0.255 e. The number of morpholine rings is 1. The molecule has 1 fully saturated rings. The third-order valence-electron chi connectivity index (χ3n) is 4.19. The van der Waals surface area contributed by atoms with Crippen molar-refractivity contribution in [2.75, 3.05) is 38.2 Å². The molecule has 3 N–H and O–H groups in total. The molecule has 3 amide bonds. The lowest BCUT2D eigenvalue weighted by Gasteiger charge is -2.26. The molecule has 0 saturated carbocycles. The molecule has 0 aromatic heterocycles. The fraction of sp³-hybridized carbons (Fsp3) is 0.250. The lowest BCUT2D eigenvalue weighted by atomic mass is 10.1. The fourth-order valence-corrected chi connectivity index (χ4v) is 2.71. The fourth-order valence-electron chi connectivity index (χ4n) is 2.71. The molecule has 8 heteroatoms. The average molecular weight is 383 g/mol. The van der Waals surface area contributed by atoms with Crippen LogP contribution in [0.15, 0.2) is 48.5 Å². The van der Waals surface area contributed by atoms with Crippen molar-refractivity contribution in [2.24, 2.45) is 5.73 Å². The van der Waals surface area contributed by atoms with Crippen LogP contribution in [0.5, 0.6) is 5.75 Å². The highest BCUT2D eigenvalue weighted by Crippen LogP contribution is 2.16. The number of ether oxygens (including phenoxy) is 2. The lowest BCUT2D eigenvalue weighted by molar-refractivity contribution is -0.119. The smallest absolute Gasteiger partial charge is 0.255 e. The van der Waals surface area contributed by atoms with Crippen molar-refractivity contribution in [1.29, 1.82) is 0 Å². The number of anilines is 1. The molecule has 1 aliphatic rings. The number of rotatable bonds is 6. The Labute approximate surface area is 162 Å². The van der Waals surface area contributed by atoms with Gasteiger partial charge in [0.25, 0.3) is 17.7 Å². The van der Waals surface area contributed by atoms with Crippen molar-refractivity contribution in [3.05, 3.63) is 59.7 Å². The molecule has 2 aromatic rings. The SMILES string of the molecule is NC(=O)COc1ccc(C(=O)Nc2ccc(C(=O)N3CCOCC3)cc2)cc1. The first kappa shape index (κ1) is 19.4. The number of carbonyl (C=O) groups excluding carboxylic acids is 3. The summed E-state index contributed by atoms with van der Waals surface area (Å²) < 4.78 is 10.4. The summed E-state index contributed by atoms with van der Waals surface area (Å²) >= 11 is 0. The number of hydrogen-bond donors (Lipinski definition) is 2. The van der Waals surface area contributed by atoms with Gasteiger partial charge >= 0.3 is 0 Å². The molecule has 0 radical (unpaired) electrons. The van der Waals surface area contributed by atoms with Crippen LogP contribution < -0.4 is 15.8 Å². The average Bonchev–Trinajstić information content (AvgIpc) is 2.73. The zero-order valence-electron chi connectivity index (χ0n) is 15.2. The topological polar surface area (TPSA) is 111 Å². The summed E-state index contributed by atoms with van der Waals surface area (Å²) in [5.74, 6) is -0.472. The van der Waals surface area contributed by atoms with Crippen LogP contribution in [0.1, 0.15) is 20.7 Å². The minimum atomic E-state index is -0.572. The first-order valence-electron chi connectivity index (χ1n) is 8.82. The largest absolute Gasteiger partial charge is 0.484 e. The van der Waals surface area contributed by atoms with E-state index in [0.717, 1.165) is 0 Å². The molecule has 8 nitrogen and oxygen atoms in total. The Kier molecular flexibility index (Phi) is 6.23. The minimum Gasteiger partial charge on any atom is -0.484 e. The van der Waals surface area contributed by atoms with Crippen molar-refractivity contribution in [3.8, 4) is 5.75 Å². The second-order valence-corrected chi connectivity index (χ2v) is 6.22. The van der Waals surface area contributed by atoms with Gasteiger partial charge in [0.05, 0.1) is 13.2 Å². The highest BCUT2D eigenvalue weighted by molar-refractivity contribution is 6.04. The molecule has 1 saturated heterocycles. The van der Waals surface area contributed by atoms with E-state index in [1.807, 2.05) is 0 Å². The van der Waals surface area contributed by atoms with Gasteiger partial charge in [0.2, 0.25) is 0 Å². The first-order chi connectivity index (χ1) is 13.5. The highest BCUT2D eigenvalue weighted by atomic mass is 16.5. The van der Waals surface area contributed by atoms with Crippen LogP contribution in [0, 0.1) is 0 Å². The molecule has 0 bridgehead atoms. The molecule has 146 valence electrons. The van der Waals surface area contributed by atoms with Gasteiger partial charge in [-0.15, -0.1) is 0 Å². The Morgan fingerprint density at radius 3 is 2.18 bits per heavy atom. The maximum atomic E-state index is 12.4. The Balaban J connectivity index is 1.58. The van der Waals surface area contributed by atoms with Crippen molar-refractivity contribution in [1.82, 2.24) is 4.90 Å². The Morgan fingerprint density at radius 1 is 0.964 bits per heavy atom. The van der Waals surface area contributed by atoms with E-state index in [1.165, 1.54) is 0 Å². The van der Waals surface area contributed by atoms with Gasteiger partial charge in [-0.2, -0.15) is 0 Å². The van der Waals surface area contributed by atoms with Crippen molar-refractivity contribution >= 4 is 23.4 Å². The molecular weight excluding hydrogens is 362 g/mol. The van der Waals surface area contributed by atoms with E-state index in [2.05, 4.69) is 5.32 Å². The number of amides is 3. The summed E-state index contributed by atoms with van der Waals surface area (Å²) in [7, 11) is 0. The number of nitrogens with zero attached hydrogens (tertiary/aromatic N) is 1. The van der Waals surface area contributed by atoms with E-state index in [-0.39, 0.29) is 18.4 Å². The van der Waals surface area contributed by atoms with Crippen LogP contribution in [0.2, 0.25) is 0 Å². The van der Waals surface area contributed by atoms with Gasteiger partial charge in [-0.05, 0) is 48.5 Å². The van der Waals surface area contributed by atoms with E-state index in [4.69, 9.17) is 15.2 Å². The van der Waals surface area contributed by atoms with E-state index < -0.39 is 5.91 Å². The zero-order chi connectivity index (χ0) is 19.9. The lowest BCUT2D eigenvalue weighted by Crippen LogP contribution is -2.40. The van der Waals surface area contributed by atoms with E-state index in [1.54, 1.807) is 53.4 Å². The van der Waals surface area contributed by atoms with Crippen LogP contribution in [-0.4, -0.2) is 55.5 Å². The highest BCUT2D eigenvalue weighted by Gasteiger charge is 2.18. The summed E-state index contributed by atoms with van der Waals surface area (Å²) in [5.41, 5.74) is 6.60. The number of primary amides is 1. The molecule has 0 spiro atoms. The minimum absolute atomic E-state index is 0.0484. The van der Waals surface area contributed by atoms with Gasteiger partial charge in [-0.1, -0.05) is 0 Å². The Hall–Kier alpha value is -3.39. The quantitative estimate of drug-likeness (QED) is 0.781. The third kappa shape index (κ3) is 5.08. The first-order valence-corrected chi connectivity index (χ1v) is 8.82. The summed E-state index contributed by atoms with van der Waals surface area (Å²) in [4.78, 5) is 37.2. The van der Waals surface area contributed by atoms with Crippen LogP contribution in [-0.2, 0) is 9.53 Å². The standard InChI is InChI=1S/C20H21N3O5/c21-18(24)13-28-17-7-3-14(4-8-17)19(25)22-16-5-1-15(2-6-16)20(26)23-9-11-27-12-10-23/h1-8H,9-13H2,(H2,21,24)(H,22,25). The van der Waals surface area contributed by atoms with Gasteiger partial charge in [0, 0.05) is 29.9 Å². The summed E-state index contributed by atoms with van der Waals surface area (Å²) in [6.45, 7) is 2.03. The van der Waals surface area contributed by atoms with Gasteiger partial charge in [0.15, 0.2) is 6.61 Å². The molecule has 2 aromatic carbocycles. The van der Waals surface area contributed by atoms with E-state index >= 15 is 0 Å². The number of nitrogens with one attached hydrogen (secondary N) is 1. The molecule has 0 atom stereocenters. The molecule has 28 heavy (non-hydrogen) atoms. The summed E-state index contributed by atoms with van der Waals surface area (Å²) in [5, 5.41) is 2.77. The third-order valence-corrected chi connectivity index (χ3v) is 4.19. The number of benzene rings is 2. The van der Waals surface area contributed by atoms with Crippen molar-refractivity contribution in [3.63, 3.8) is 0 Å². The molecule has 1 heterocycles. The summed E-state index contributed by atoms with van der Waals surface area (Å²) in [6.07, 6.45) is 0. The van der Waals surface area contributed by atoms with Gasteiger partial charge in [-0.25, -0.2) is 0 Å². The van der Waals surface area contributed by atoms with Gasteiger partial charge < -0.3 is 25.4 Å². The number of nitrogens with two attached hydrogens (primary N) is 1. The van der Waals surface area contributed by atoms with Crippen LogP contribution in [0.3, 0.4) is 0 Å². The molecule has 0 aliphatic carbocycles. The number of hydrogen-bond acceptors (Lipinski definition) is 5. The summed E-state index contributed by atoms with van der Waals surface area (Å²) in [6, 6.07) is 13.1. The normalized spacial score (nSPS) is 13.6. The Morgan fingerprint density at radius 2 is 1.57 bits per heavy atom. The second kappa shape index (κ2) is 9.01. The van der Waals surface area contributed by atoms with Gasteiger partial charge in [-0.3, -0.25) is 14.4 Å². The van der Waals surface area contributed by atoms with E-state index in [0.29, 0.717) is 48.9 Å².